The minimum atomic E-state index is -4.68. The van der Waals surface area contributed by atoms with Gasteiger partial charge >= 0.3 is 12.2 Å². The van der Waals surface area contributed by atoms with Crippen LogP contribution in [-0.2, 0) is 4.79 Å². The Labute approximate surface area is 176 Å². The fourth-order valence-electron chi connectivity index (χ4n) is 2.71. The highest BCUT2D eigenvalue weighted by Crippen LogP contribution is 2.33. The Morgan fingerprint density at radius 2 is 1.10 bits per heavy atom. The van der Waals surface area contributed by atoms with Gasteiger partial charge in [-0.15, -0.1) is 0 Å². The molecule has 3 aromatic rings. The maximum absolute atomic E-state index is 13.3. The molecule has 0 fully saturated rings. The van der Waals surface area contributed by atoms with Gasteiger partial charge in [-0.3, -0.25) is 4.79 Å². The third-order valence-corrected chi connectivity index (χ3v) is 4.11. The molecule has 3 rings (SSSR count). The van der Waals surface area contributed by atoms with Crippen LogP contribution in [0.25, 0.3) is 5.57 Å². The summed E-state index contributed by atoms with van der Waals surface area (Å²) < 4.78 is 40.0. The van der Waals surface area contributed by atoms with E-state index in [0.29, 0.717) is 17.5 Å². The average Bonchev–Trinajstić information content (AvgIpc) is 2.74. The van der Waals surface area contributed by atoms with E-state index in [9.17, 15) is 22.8 Å². The quantitative estimate of drug-likeness (QED) is 0.445. The van der Waals surface area contributed by atoms with Gasteiger partial charge < -0.3 is 16.0 Å². The molecule has 158 valence electrons. The van der Waals surface area contributed by atoms with E-state index in [1.807, 2.05) is 6.07 Å². The van der Waals surface area contributed by atoms with Gasteiger partial charge in [-0.25, -0.2) is 4.79 Å². The lowest BCUT2D eigenvalue weighted by Crippen LogP contribution is -2.19. The topological polar surface area (TPSA) is 70.2 Å². The number of anilines is 3. The van der Waals surface area contributed by atoms with Crippen molar-refractivity contribution in [2.24, 2.45) is 0 Å². The molecule has 0 saturated heterocycles. The van der Waals surface area contributed by atoms with Gasteiger partial charge in [0.2, 0.25) is 5.91 Å². The number of benzene rings is 3. The molecule has 3 N–H and O–H groups in total. The number of amides is 3. The molecule has 0 heterocycles. The molecule has 31 heavy (non-hydrogen) atoms. The molecule has 5 nitrogen and oxygen atoms in total. The first-order valence-electron chi connectivity index (χ1n) is 9.20. The first kappa shape index (κ1) is 21.6. The summed E-state index contributed by atoms with van der Waals surface area (Å²) in [5, 5.41) is 7.67. The lowest BCUT2D eigenvalue weighted by atomic mass is 10.1. The number of alkyl halides is 3. The number of para-hydroxylation sites is 1. The molecule has 0 atom stereocenters. The number of hydrogen-bond acceptors (Lipinski definition) is 2. The first-order valence-corrected chi connectivity index (χ1v) is 9.20. The summed E-state index contributed by atoms with van der Waals surface area (Å²) in [4.78, 5) is 24.1. The van der Waals surface area contributed by atoms with E-state index in [-0.39, 0.29) is 11.3 Å². The lowest BCUT2D eigenvalue weighted by Gasteiger charge is -2.12. The minimum Gasteiger partial charge on any atom is -0.322 e. The van der Waals surface area contributed by atoms with Crippen LogP contribution in [0.3, 0.4) is 0 Å². The van der Waals surface area contributed by atoms with Crippen molar-refractivity contribution < 1.29 is 22.8 Å². The van der Waals surface area contributed by atoms with Crippen LogP contribution in [-0.4, -0.2) is 18.1 Å². The van der Waals surface area contributed by atoms with Crippen molar-refractivity contribution in [1.29, 1.82) is 0 Å². The van der Waals surface area contributed by atoms with Gasteiger partial charge in [-0.2, -0.15) is 13.2 Å². The van der Waals surface area contributed by atoms with Crippen molar-refractivity contribution in [1.82, 2.24) is 0 Å². The third kappa shape index (κ3) is 6.46. The van der Waals surface area contributed by atoms with Crippen molar-refractivity contribution >= 4 is 34.6 Å². The van der Waals surface area contributed by atoms with Gasteiger partial charge in [0.1, 0.15) is 0 Å². The predicted octanol–water partition coefficient (Wildman–Crippen LogP) is 5.92. The highest BCUT2D eigenvalue weighted by atomic mass is 19.4. The minimum absolute atomic E-state index is 0.103. The second kappa shape index (κ2) is 9.62. The molecule has 0 spiro atoms. The highest BCUT2D eigenvalue weighted by Gasteiger charge is 2.35. The molecular formula is C23H18F3N3O2. The number of rotatable bonds is 5. The number of urea groups is 1. The fourth-order valence-corrected chi connectivity index (χ4v) is 2.71. The molecule has 0 saturated carbocycles. The molecule has 0 radical (unpaired) electrons. The zero-order chi connectivity index (χ0) is 22.3. The van der Waals surface area contributed by atoms with Crippen molar-refractivity contribution in [3.05, 3.63) is 96.6 Å². The van der Waals surface area contributed by atoms with Gasteiger partial charge in [0.05, 0.1) is 5.57 Å². The van der Waals surface area contributed by atoms with Crippen molar-refractivity contribution in [2.45, 2.75) is 6.18 Å². The Hall–Kier alpha value is -4.07. The zero-order valence-electron chi connectivity index (χ0n) is 16.1. The molecule has 0 aliphatic rings. The van der Waals surface area contributed by atoms with Crippen molar-refractivity contribution in [3.63, 3.8) is 0 Å². The molecule has 0 unspecified atom stereocenters. The Balaban J connectivity index is 1.64. The molecule has 0 aliphatic heterocycles. The Morgan fingerprint density at radius 3 is 1.61 bits per heavy atom. The number of halogens is 3. The van der Waals surface area contributed by atoms with E-state index >= 15 is 0 Å². The van der Waals surface area contributed by atoms with Gasteiger partial charge in [-0.05, 0) is 42.0 Å². The van der Waals surface area contributed by atoms with E-state index in [4.69, 9.17) is 0 Å². The third-order valence-electron chi connectivity index (χ3n) is 4.11. The average molecular weight is 425 g/mol. The van der Waals surface area contributed by atoms with Crippen molar-refractivity contribution in [2.75, 3.05) is 16.0 Å². The molecule has 0 aliphatic carbocycles. The van der Waals surface area contributed by atoms with Gasteiger partial charge in [0.25, 0.3) is 0 Å². The standard InChI is InChI=1S/C23H18F3N3O2/c24-23(25,26)20(16-7-3-1-4-8-16)15-21(30)27-18-11-13-19(14-12-18)29-22(31)28-17-9-5-2-6-10-17/h1-15H,(H,27,30)(H2,28,29,31)/b20-15+. The van der Waals surface area contributed by atoms with Crippen LogP contribution in [0, 0.1) is 0 Å². The summed E-state index contributed by atoms with van der Waals surface area (Å²) in [5.41, 5.74) is 0.206. The Morgan fingerprint density at radius 1 is 0.645 bits per heavy atom. The van der Waals surface area contributed by atoms with Crippen LogP contribution in [0.2, 0.25) is 0 Å². The van der Waals surface area contributed by atoms with E-state index in [1.165, 1.54) is 48.5 Å². The second-order valence-electron chi connectivity index (χ2n) is 6.43. The van der Waals surface area contributed by atoms with Crippen LogP contribution in [0.1, 0.15) is 5.56 Å². The number of nitrogens with one attached hydrogen (secondary N) is 3. The molecular weight excluding hydrogens is 407 g/mol. The van der Waals surface area contributed by atoms with Gasteiger partial charge in [0.15, 0.2) is 0 Å². The van der Waals surface area contributed by atoms with Crippen LogP contribution < -0.4 is 16.0 Å². The van der Waals surface area contributed by atoms with Crippen LogP contribution in [0.4, 0.5) is 35.0 Å². The van der Waals surface area contributed by atoms with Crippen LogP contribution in [0.5, 0.6) is 0 Å². The molecule has 0 bridgehead atoms. The summed E-state index contributed by atoms with van der Waals surface area (Å²) in [6.45, 7) is 0. The van der Waals surface area contributed by atoms with E-state index in [2.05, 4.69) is 16.0 Å². The SMILES string of the molecule is O=C(/C=C(\c1ccccc1)C(F)(F)F)Nc1ccc(NC(=O)Nc2ccccc2)cc1. The molecule has 0 aromatic heterocycles. The largest absolute Gasteiger partial charge is 0.417 e. The smallest absolute Gasteiger partial charge is 0.322 e. The maximum atomic E-state index is 13.3. The predicted molar refractivity (Wildman–Crippen MR) is 115 cm³/mol. The fraction of sp³-hybridized carbons (Fsp3) is 0.0435. The number of allylic oxidation sites excluding steroid dienone is 1. The first-order chi connectivity index (χ1) is 14.8. The summed E-state index contributed by atoms with van der Waals surface area (Å²) in [7, 11) is 0. The second-order valence-corrected chi connectivity index (χ2v) is 6.43. The molecule has 8 heteroatoms. The lowest BCUT2D eigenvalue weighted by molar-refractivity contribution is -0.112. The monoisotopic (exact) mass is 425 g/mol. The molecule has 3 amide bonds. The van der Waals surface area contributed by atoms with Gasteiger partial charge in [-0.1, -0.05) is 48.5 Å². The summed E-state index contributed by atoms with van der Waals surface area (Å²) in [6, 6.07) is 21.5. The highest BCUT2D eigenvalue weighted by molar-refractivity contribution is 6.05. The maximum Gasteiger partial charge on any atom is 0.417 e. The van der Waals surface area contributed by atoms with Crippen LogP contribution in [0.15, 0.2) is 91.0 Å². The Bertz CT molecular complexity index is 1060. The molecule has 3 aromatic carbocycles. The zero-order valence-corrected chi connectivity index (χ0v) is 16.1. The van der Waals surface area contributed by atoms with E-state index in [1.54, 1.807) is 30.3 Å². The summed E-state index contributed by atoms with van der Waals surface area (Å²) >= 11 is 0. The summed E-state index contributed by atoms with van der Waals surface area (Å²) in [6.07, 6.45) is -4.16. The van der Waals surface area contributed by atoms with E-state index < -0.39 is 23.7 Å². The normalized spacial score (nSPS) is 11.5. The number of carbonyl (C=O) groups is 2. The van der Waals surface area contributed by atoms with E-state index in [0.717, 1.165) is 0 Å². The number of hydrogen-bond donors (Lipinski definition) is 3. The van der Waals surface area contributed by atoms with Crippen LogP contribution >= 0.6 is 0 Å². The van der Waals surface area contributed by atoms with Crippen molar-refractivity contribution in [3.8, 4) is 0 Å². The summed E-state index contributed by atoms with van der Waals surface area (Å²) in [5.74, 6) is -0.918. The Kier molecular flexibility index (Phi) is 6.71. The van der Waals surface area contributed by atoms with Gasteiger partial charge in [0, 0.05) is 23.1 Å². The number of carbonyl (C=O) groups excluding carboxylic acids is 2.